The Morgan fingerprint density at radius 2 is 0.585 bits per heavy atom. The molecule has 0 N–H and O–H groups in total. The van der Waals surface area contributed by atoms with E-state index in [1.165, 1.54) is 230 Å². The lowest BCUT2D eigenvalue weighted by Gasteiger charge is -2.37. The Kier molecular flexibility index (Phi) is 30.2. The van der Waals surface area contributed by atoms with Crippen LogP contribution in [-0.4, -0.2) is 31.7 Å². The summed E-state index contributed by atoms with van der Waals surface area (Å²) in [5, 5.41) is 0. The van der Waals surface area contributed by atoms with E-state index in [4.69, 9.17) is 0 Å². The van der Waals surface area contributed by atoms with Gasteiger partial charge in [-0.15, -0.1) is 0 Å². The molecule has 0 saturated carbocycles. The SMILES string of the molecule is CCCCCCCCCCCCCCCCC(Cc1ccccc1)C[N+](C)(C)CC(CCCCCCCCCCCCCCCC)Cc1ccccc1. The van der Waals surface area contributed by atoms with Crippen molar-refractivity contribution in [3.8, 4) is 0 Å². The second-order valence-corrected chi connectivity index (χ2v) is 18.2. The highest BCUT2D eigenvalue weighted by Crippen LogP contribution is 2.25. The standard InChI is InChI=1S/C52H92N/c1-5-7-9-11-13-15-17-19-21-23-25-27-29-33-43-51(45-49-39-35-31-36-40-49)47-53(3,4)48-52(46-50-41-37-32-38-42-50)44-34-30-28-26-24-22-20-18-16-14-12-10-8-6-2/h31-32,35-42,51-52H,5-30,33-34,43-48H2,1-4H3/q+1. The summed E-state index contributed by atoms with van der Waals surface area (Å²) in [6.07, 6.45) is 45.6. The fourth-order valence-electron chi connectivity index (χ4n) is 9.14. The first-order valence-electron chi connectivity index (χ1n) is 23.9. The normalized spacial score (nSPS) is 13.1. The molecule has 2 aromatic rings. The number of benzene rings is 2. The predicted octanol–water partition coefficient (Wildman–Crippen LogP) is 16.5. The second-order valence-electron chi connectivity index (χ2n) is 18.2. The molecule has 0 aliphatic rings. The summed E-state index contributed by atoms with van der Waals surface area (Å²) >= 11 is 0. The number of quaternary nitrogens is 1. The largest absolute Gasteiger partial charge is 0.328 e. The van der Waals surface area contributed by atoms with Gasteiger partial charge in [-0.1, -0.05) is 254 Å². The van der Waals surface area contributed by atoms with Crippen molar-refractivity contribution in [2.24, 2.45) is 11.8 Å². The van der Waals surface area contributed by atoms with Gasteiger partial charge in [-0.25, -0.2) is 0 Å². The van der Waals surface area contributed by atoms with Crippen LogP contribution in [0.5, 0.6) is 0 Å². The van der Waals surface area contributed by atoms with E-state index in [0.29, 0.717) is 0 Å². The van der Waals surface area contributed by atoms with Gasteiger partial charge in [0.25, 0.3) is 0 Å². The maximum atomic E-state index is 2.55. The van der Waals surface area contributed by atoms with Gasteiger partial charge >= 0.3 is 0 Å². The van der Waals surface area contributed by atoms with Crippen molar-refractivity contribution in [1.29, 1.82) is 0 Å². The number of rotatable bonds is 38. The van der Waals surface area contributed by atoms with E-state index in [9.17, 15) is 0 Å². The number of unbranched alkanes of at least 4 members (excludes halogenated alkanes) is 26. The van der Waals surface area contributed by atoms with Crippen molar-refractivity contribution in [1.82, 2.24) is 0 Å². The number of hydrogen-bond donors (Lipinski definition) is 0. The van der Waals surface area contributed by atoms with Crippen LogP contribution in [0.1, 0.15) is 218 Å². The van der Waals surface area contributed by atoms with Crippen LogP contribution in [0.25, 0.3) is 0 Å². The molecular formula is C52H92N+. The molecule has 0 amide bonds. The molecule has 0 heterocycles. The van der Waals surface area contributed by atoms with E-state index in [1.54, 1.807) is 0 Å². The molecule has 0 saturated heterocycles. The minimum Gasteiger partial charge on any atom is -0.328 e. The van der Waals surface area contributed by atoms with E-state index >= 15 is 0 Å². The smallest absolute Gasteiger partial charge is 0.0814 e. The van der Waals surface area contributed by atoms with Crippen LogP contribution in [0.2, 0.25) is 0 Å². The first-order valence-corrected chi connectivity index (χ1v) is 23.9. The van der Waals surface area contributed by atoms with E-state index < -0.39 is 0 Å². The Morgan fingerprint density at radius 1 is 0.340 bits per heavy atom. The van der Waals surface area contributed by atoms with Gasteiger partial charge in [-0.3, -0.25) is 0 Å². The van der Waals surface area contributed by atoms with Crippen molar-refractivity contribution in [3.63, 3.8) is 0 Å². The predicted molar refractivity (Wildman–Crippen MR) is 239 cm³/mol. The fourth-order valence-corrected chi connectivity index (χ4v) is 9.14. The number of hydrogen-bond acceptors (Lipinski definition) is 0. The first kappa shape index (κ1) is 47.6. The average Bonchev–Trinajstić information content (AvgIpc) is 3.15. The van der Waals surface area contributed by atoms with Crippen LogP contribution in [0, 0.1) is 11.8 Å². The van der Waals surface area contributed by atoms with Gasteiger partial charge in [0.15, 0.2) is 0 Å². The van der Waals surface area contributed by atoms with Gasteiger partial charge in [0, 0.05) is 11.8 Å². The van der Waals surface area contributed by atoms with Crippen molar-refractivity contribution in [2.75, 3.05) is 27.2 Å². The third kappa shape index (κ3) is 28.5. The Labute approximate surface area is 333 Å². The highest BCUT2D eigenvalue weighted by Gasteiger charge is 2.26. The highest BCUT2D eigenvalue weighted by molar-refractivity contribution is 5.16. The molecule has 2 aromatic carbocycles. The lowest BCUT2D eigenvalue weighted by molar-refractivity contribution is -0.897. The molecule has 0 aliphatic heterocycles. The zero-order chi connectivity index (χ0) is 37.9. The molecule has 0 aromatic heterocycles. The fraction of sp³-hybridized carbons (Fsp3) is 0.769. The van der Waals surface area contributed by atoms with Crippen LogP contribution in [0.4, 0.5) is 0 Å². The molecule has 2 unspecified atom stereocenters. The topological polar surface area (TPSA) is 0 Å². The summed E-state index contributed by atoms with van der Waals surface area (Å²) < 4.78 is 1.16. The van der Waals surface area contributed by atoms with Crippen molar-refractivity contribution in [2.45, 2.75) is 219 Å². The van der Waals surface area contributed by atoms with Crippen molar-refractivity contribution < 1.29 is 4.48 Å². The maximum absolute atomic E-state index is 2.55. The zero-order valence-corrected chi connectivity index (χ0v) is 36.4. The summed E-state index contributed by atoms with van der Waals surface area (Å²) in [5.74, 6) is 1.53. The summed E-state index contributed by atoms with van der Waals surface area (Å²) in [5.41, 5.74) is 3.07. The minimum atomic E-state index is 0.767. The Hall–Kier alpha value is -1.60. The van der Waals surface area contributed by atoms with Crippen LogP contribution >= 0.6 is 0 Å². The quantitative estimate of drug-likeness (QED) is 0.0477. The summed E-state index contributed by atoms with van der Waals surface area (Å²) in [4.78, 5) is 0. The summed E-state index contributed by atoms with van der Waals surface area (Å²) in [7, 11) is 5.10. The molecule has 1 nitrogen and oxygen atoms in total. The van der Waals surface area contributed by atoms with Crippen LogP contribution in [-0.2, 0) is 12.8 Å². The molecule has 53 heavy (non-hydrogen) atoms. The minimum absolute atomic E-state index is 0.767. The lowest BCUT2D eigenvalue weighted by atomic mass is 9.89. The maximum Gasteiger partial charge on any atom is 0.0814 e. The Balaban J connectivity index is 1.74. The Morgan fingerprint density at radius 3 is 0.849 bits per heavy atom. The molecule has 2 rings (SSSR count). The van der Waals surface area contributed by atoms with Gasteiger partial charge < -0.3 is 4.48 Å². The van der Waals surface area contributed by atoms with Gasteiger partial charge in [0.2, 0.25) is 0 Å². The molecule has 2 atom stereocenters. The molecular weight excluding hydrogens is 639 g/mol. The van der Waals surface area contributed by atoms with Crippen molar-refractivity contribution in [3.05, 3.63) is 71.8 Å². The summed E-state index contributed by atoms with van der Waals surface area (Å²) in [6, 6.07) is 22.8. The molecule has 304 valence electrons. The third-order valence-electron chi connectivity index (χ3n) is 12.2. The van der Waals surface area contributed by atoms with Crippen LogP contribution in [0.15, 0.2) is 60.7 Å². The summed E-state index contributed by atoms with van der Waals surface area (Å²) in [6.45, 7) is 7.23. The molecule has 0 bridgehead atoms. The average molecular weight is 731 g/mol. The molecule has 1 heteroatoms. The molecule has 0 spiro atoms. The van der Waals surface area contributed by atoms with E-state index in [1.807, 2.05) is 0 Å². The number of nitrogens with zero attached hydrogens (tertiary/aromatic N) is 1. The van der Waals surface area contributed by atoms with Crippen molar-refractivity contribution >= 4 is 0 Å². The monoisotopic (exact) mass is 731 g/mol. The van der Waals surface area contributed by atoms with Gasteiger partial charge in [0.1, 0.15) is 0 Å². The lowest BCUT2D eigenvalue weighted by Crippen LogP contribution is -2.47. The second kappa shape index (κ2) is 33.7. The van der Waals surface area contributed by atoms with E-state index in [2.05, 4.69) is 88.6 Å². The Bertz CT molecular complexity index is 931. The third-order valence-corrected chi connectivity index (χ3v) is 12.2. The zero-order valence-electron chi connectivity index (χ0n) is 36.4. The van der Waals surface area contributed by atoms with E-state index in [0.717, 1.165) is 16.3 Å². The van der Waals surface area contributed by atoms with Gasteiger partial charge in [-0.2, -0.15) is 0 Å². The van der Waals surface area contributed by atoms with Crippen LogP contribution in [0.3, 0.4) is 0 Å². The molecule has 0 radical (unpaired) electrons. The van der Waals surface area contributed by atoms with Crippen LogP contribution < -0.4 is 0 Å². The molecule has 0 aliphatic carbocycles. The highest BCUT2D eigenvalue weighted by atomic mass is 15.3. The van der Waals surface area contributed by atoms with Gasteiger partial charge in [0.05, 0.1) is 27.2 Å². The molecule has 0 fully saturated rings. The van der Waals surface area contributed by atoms with E-state index in [-0.39, 0.29) is 0 Å². The first-order chi connectivity index (χ1) is 26.0. The van der Waals surface area contributed by atoms with Gasteiger partial charge in [-0.05, 0) is 36.8 Å².